The molecule has 2 N–H and O–H groups in total. The lowest BCUT2D eigenvalue weighted by Gasteiger charge is -2.20. The summed E-state index contributed by atoms with van der Waals surface area (Å²) in [5, 5.41) is 15.8. The van der Waals surface area contributed by atoms with Gasteiger partial charge in [-0.25, -0.2) is 5.32 Å². The minimum atomic E-state index is 0.212. The molecule has 1 atom stereocenters. The SMILES string of the molecule is OC[C@H]1C[N]CCN1. The van der Waals surface area contributed by atoms with Crippen molar-refractivity contribution >= 4 is 0 Å². The maximum absolute atomic E-state index is 8.57. The zero-order chi connectivity index (χ0) is 5.82. The van der Waals surface area contributed by atoms with E-state index in [4.69, 9.17) is 5.11 Å². The van der Waals surface area contributed by atoms with E-state index in [0.29, 0.717) is 0 Å². The minimum Gasteiger partial charge on any atom is -0.395 e. The fourth-order valence-electron chi connectivity index (χ4n) is 0.782. The van der Waals surface area contributed by atoms with Crippen LogP contribution in [0, 0.1) is 0 Å². The summed E-state index contributed by atoms with van der Waals surface area (Å²) in [5.41, 5.74) is 0. The first-order valence-corrected chi connectivity index (χ1v) is 2.91. The van der Waals surface area contributed by atoms with Crippen LogP contribution in [0.3, 0.4) is 0 Å². The largest absolute Gasteiger partial charge is 0.395 e. The highest BCUT2D eigenvalue weighted by Crippen LogP contribution is 1.84. The van der Waals surface area contributed by atoms with Crippen LogP contribution in [0.25, 0.3) is 0 Å². The number of rotatable bonds is 1. The van der Waals surface area contributed by atoms with Crippen LogP contribution in [0.1, 0.15) is 0 Å². The molecule has 47 valence electrons. The minimum absolute atomic E-state index is 0.212. The third kappa shape index (κ3) is 1.43. The number of hydrogen-bond acceptors (Lipinski definition) is 2. The Morgan fingerprint density at radius 2 is 2.62 bits per heavy atom. The van der Waals surface area contributed by atoms with Crippen molar-refractivity contribution in [2.45, 2.75) is 6.04 Å². The van der Waals surface area contributed by atoms with Gasteiger partial charge in [0.2, 0.25) is 0 Å². The van der Waals surface area contributed by atoms with Gasteiger partial charge in [-0.15, -0.1) is 0 Å². The van der Waals surface area contributed by atoms with Crippen molar-refractivity contribution in [3.05, 3.63) is 0 Å². The molecule has 1 saturated heterocycles. The molecule has 1 aliphatic heterocycles. The van der Waals surface area contributed by atoms with Crippen molar-refractivity contribution in [1.82, 2.24) is 10.6 Å². The van der Waals surface area contributed by atoms with Gasteiger partial charge in [0.05, 0.1) is 6.61 Å². The molecule has 0 bridgehead atoms. The second-order valence-corrected chi connectivity index (χ2v) is 1.96. The number of piperazine rings is 1. The van der Waals surface area contributed by atoms with E-state index in [1.165, 1.54) is 0 Å². The lowest BCUT2D eigenvalue weighted by molar-refractivity contribution is 0.226. The van der Waals surface area contributed by atoms with E-state index in [-0.39, 0.29) is 12.6 Å². The summed E-state index contributed by atoms with van der Waals surface area (Å²) in [6.45, 7) is 2.81. The molecule has 1 heterocycles. The van der Waals surface area contributed by atoms with Crippen molar-refractivity contribution in [3.63, 3.8) is 0 Å². The Morgan fingerprint density at radius 3 is 3.00 bits per heavy atom. The fourth-order valence-corrected chi connectivity index (χ4v) is 0.782. The zero-order valence-electron chi connectivity index (χ0n) is 4.80. The first kappa shape index (κ1) is 6.01. The summed E-state index contributed by atoms with van der Waals surface area (Å²) in [6, 6.07) is 0.226. The van der Waals surface area contributed by atoms with Crippen LogP contribution >= 0.6 is 0 Å². The summed E-state index contributed by atoms with van der Waals surface area (Å²) in [4.78, 5) is 0. The summed E-state index contributed by atoms with van der Waals surface area (Å²) in [6.07, 6.45) is 0. The first-order valence-electron chi connectivity index (χ1n) is 2.91. The van der Waals surface area contributed by atoms with Crippen molar-refractivity contribution in [1.29, 1.82) is 0 Å². The molecule has 0 aromatic carbocycles. The molecule has 3 heteroatoms. The Kier molecular flexibility index (Phi) is 2.27. The van der Waals surface area contributed by atoms with E-state index in [0.717, 1.165) is 19.6 Å². The standard InChI is InChI=1S/C5H11N2O/c8-4-5-3-6-1-2-7-5/h5,7-8H,1-4H2/t5-/m1/s1. The maximum atomic E-state index is 8.57. The molecule has 0 saturated carbocycles. The van der Waals surface area contributed by atoms with Crippen LogP contribution in [-0.2, 0) is 0 Å². The van der Waals surface area contributed by atoms with E-state index in [2.05, 4.69) is 10.6 Å². The molecule has 0 unspecified atom stereocenters. The Morgan fingerprint density at radius 1 is 1.75 bits per heavy atom. The van der Waals surface area contributed by atoms with E-state index in [1.807, 2.05) is 0 Å². The van der Waals surface area contributed by atoms with Crippen LogP contribution in [0.5, 0.6) is 0 Å². The van der Waals surface area contributed by atoms with Crippen molar-refractivity contribution in [2.75, 3.05) is 26.2 Å². The molecule has 1 radical (unpaired) electrons. The molecular weight excluding hydrogens is 104 g/mol. The van der Waals surface area contributed by atoms with E-state index < -0.39 is 0 Å². The Hall–Kier alpha value is -0.120. The van der Waals surface area contributed by atoms with Crippen molar-refractivity contribution < 1.29 is 5.11 Å². The molecule has 1 rings (SSSR count). The third-order valence-electron chi connectivity index (χ3n) is 1.27. The zero-order valence-corrected chi connectivity index (χ0v) is 4.80. The number of nitrogens with one attached hydrogen (secondary N) is 1. The molecule has 0 aromatic rings. The van der Waals surface area contributed by atoms with Gasteiger partial charge in [-0.3, -0.25) is 0 Å². The maximum Gasteiger partial charge on any atom is 0.0597 e. The summed E-state index contributed by atoms with van der Waals surface area (Å²) in [7, 11) is 0. The summed E-state index contributed by atoms with van der Waals surface area (Å²) in [5.74, 6) is 0. The van der Waals surface area contributed by atoms with Gasteiger partial charge in [-0.2, -0.15) is 0 Å². The third-order valence-corrected chi connectivity index (χ3v) is 1.27. The Labute approximate surface area is 49.1 Å². The fraction of sp³-hybridized carbons (Fsp3) is 1.00. The molecule has 0 amide bonds. The normalized spacial score (nSPS) is 30.4. The molecule has 1 fully saturated rings. The summed E-state index contributed by atoms with van der Waals surface area (Å²) >= 11 is 0. The van der Waals surface area contributed by atoms with E-state index in [9.17, 15) is 0 Å². The predicted molar refractivity (Wildman–Crippen MR) is 30.7 cm³/mol. The number of aliphatic hydroxyl groups excluding tert-OH is 1. The molecule has 0 spiro atoms. The first-order chi connectivity index (χ1) is 3.93. The van der Waals surface area contributed by atoms with Gasteiger partial charge in [-0.05, 0) is 0 Å². The number of hydrogen-bond donors (Lipinski definition) is 2. The summed E-state index contributed by atoms with van der Waals surface area (Å²) < 4.78 is 0. The monoisotopic (exact) mass is 115 g/mol. The second-order valence-electron chi connectivity index (χ2n) is 1.96. The molecule has 1 aliphatic rings. The molecular formula is C5H11N2O. The van der Waals surface area contributed by atoms with Crippen LogP contribution in [0.15, 0.2) is 0 Å². The highest BCUT2D eigenvalue weighted by molar-refractivity contribution is 4.73. The highest BCUT2D eigenvalue weighted by atomic mass is 16.3. The molecule has 0 aromatic heterocycles. The lowest BCUT2D eigenvalue weighted by atomic mass is 10.2. The number of nitrogens with zero attached hydrogens (tertiary/aromatic N) is 1. The van der Waals surface area contributed by atoms with Crippen LogP contribution in [-0.4, -0.2) is 37.4 Å². The average molecular weight is 115 g/mol. The van der Waals surface area contributed by atoms with Gasteiger partial charge >= 0.3 is 0 Å². The van der Waals surface area contributed by atoms with Gasteiger partial charge in [-0.1, -0.05) is 0 Å². The van der Waals surface area contributed by atoms with Crippen LogP contribution in [0.2, 0.25) is 0 Å². The lowest BCUT2D eigenvalue weighted by Crippen LogP contribution is -2.47. The van der Waals surface area contributed by atoms with Crippen molar-refractivity contribution in [2.24, 2.45) is 0 Å². The second kappa shape index (κ2) is 3.02. The van der Waals surface area contributed by atoms with Crippen LogP contribution < -0.4 is 10.6 Å². The molecule has 3 nitrogen and oxygen atoms in total. The average Bonchev–Trinajstić information content (AvgIpc) is 1.90. The molecule has 0 aliphatic carbocycles. The quantitative estimate of drug-likeness (QED) is 0.439. The smallest absolute Gasteiger partial charge is 0.0597 e. The van der Waals surface area contributed by atoms with Crippen molar-refractivity contribution in [3.8, 4) is 0 Å². The van der Waals surface area contributed by atoms with Gasteiger partial charge in [0, 0.05) is 25.7 Å². The Bertz CT molecular complexity index is 61.4. The van der Waals surface area contributed by atoms with Crippen LogP contribution in [0.4, 0.5) is 0 Å². The topological polar surface area (TPSA) is 46.4 Å². The Balaban J connectivity index is 2.13. The highest BCUT2D eigenvalue weighted by Gasteiger charge is 2.09. The molecule has 8 heavy (non-hydrogen) atoms. The van der Waals surface area contributed by atoms with Gasteiger partial charge in [0.1, 0.15) is 0 Å². The van der Waals surface area contributed by atoms with Gasteiger partial charge < -0.3 is 10.4 Å². The predicted octanol–water partition coefficient (Wildman–Crippen LogP) is -1.45. The van der Waals surface area contributed by atoms with E-state index >= 15 is 0 Å². The number of aliphatic hydroxyl groups is 1. The van der Waals surface area contributed by atoms with Gasteiger partial charge in [0.25, 0.3) is 0 Å². The van der Waals surface area contributed by atoms with E-state index in [1.54, 1.807) is 0 Å². The van der Waals surface area contributed by atoms with Gasteiger partial charge in [0.15, 0.2) is 0 Å².